The van der Waals surface area contributed by atoms with Gasteiger partial charge in [-0.15, -0.1) is 0 Å². The third-order valence-corrected chi connectivity index (χ3v) is 4.91. The molecular weight excluding hydrogens is 336 g/mol. The summed E-state index contributed by atoms with van der Waals surface area (Å²) in [6.07, 6.45) is 9.60. The van der Waals surface area contributed by atoms with Gasteiger partial charge in [-0.1, -0.05) is 6.07 Å². The second kappa shape index (κ2) is 8.83. The normalized spacial score (nSPS) is 17.3. The summed E-state index contributed by atoms with van der Waals surface area (Å²) in [5, 5.41) is 0. The van der Waals surface area contributed by atoms with Crippen molar-refractivity contribution in [2.75, 3.05) is 13.1 Å². The van der Waals surface area contributed by atoms with Crippen LogP contribution in [0.3, 0.4) is 0 Å². The molecule has 1 aliphatic rings. The molecule has 4 nitrogen and oxygen atoms in total. The van der Waals surface area contributed by atoms with Gasteiger partial charge in [0.05, 0.1) is 5.69 Å². The molecule has 1 fully saturated rings. The molecule has 2 heterocycles. The number of nitrogens with zero attached hydrogens (tertiary/aromatic N) is 3. The molecule has 1 aromatic carbocycles. The summed E-state index contributed by atoms with van der Waals surface area (Å²) < 4.78 is 26.3. The summed E-state index contributed by atoms with van der Waals surface area (Å²) >= 11 is 0. The number of carbonyl (C=O) groups excluding carboxylic acids is 1. The van der Waals surface area contributed by atoms with E-state index in [9.17, 15) is 13.6 Å². The zero-order valence-electron chi connectivity index (χ0n) is 14.7. The maximum atomic E-state index is 13.3. The van der Waals surface area contributed by atoms with Gasteiger partial charge in [0, 0.05) is 38.1 Å². The lowest BCUT2D eigenvalue weighted by atomic mass is 9.91. The fraction of sp³-hybridized carbons (Fsp3) is 0.450. The Morgan fingerprint density at radius 1 is 1.19 bits per heavy atom. The van der Waals surface area contributed by atoms with Crippen LogP contribution in [0.15, 0.2) is 36.8 Å². The molecule has 26 heavy (non-hydrogen) atoms. The molecule has 0 spiro atoms. The Kier molecular flexibility index (Phi) is 6.26. The molecule has 0 N–H and O–H groups in total. The molecular formula is C20H23F2N3O. The van der Waals surface area contributed by atoms with E-state index in [0.717, 1.165) is 43.6 Å². The van der Waals surface area contributed by atoms with Crippen LogP contribution in [-0.2, 0) is 17.6 Å². The highest BCUT2D eigenvalue weighted by atomic mass is 19.2. The average Bonchev–Trinajstić information content (AvgIpc) is 2.68. The van der Waals surface area contributed by atoms with Gasteiger partial charge < -0.3 is 4.90 Å². The van der Waals surface area contributed by atoms with Crippen LogP contribution in [0, 0.1) is 17.6 Å². The lowest BCUT2D eigenvalue weighted by Gasteiger charge is -2.33. The van der Waals surface area contributed by atoms with E-state index in [1.807, 2.05) is 4.90 Å². The van der Waals surface area contributed by atoms with Crippen molar-refractivity contribution in [1.82, 2.24) is 14.9 Å². The van der Waals surface area contributed by atoms with Gasteiger partial charge in [0.1, 0.15) is 0 Å². The van der Waals surface area contributed by atoms with Gasteiger partial charge >= 0.3 is 0 Å². The number of aromatic nitrogens is 2. The standard InChI is InChI=1S/C20H23F2N3O/c21-18-7-5-15(12-19(18)22)3-4-16-2-1-11-25(14-16)20(26)8-6-17-13-23-9-10-24-17/h5,7,9-10,12-13,16H,1-4,6,8,11,14H2. The third-order valence-electron chi connectivity index (χ3n) is 4.91. The van der Waals surface area contributed by atoms with Gasteiger partial charge in [0.15, 0.2) is 11.6 Å². The van der Waals surface area contributed by atoms with Crippen LogP contribution < -0.4 is 0 Å². The number of likely N-dealkylation sites (tertiary alicyclic amines) is 1. The molecule has 0 bridgehead atoms. The zero-order valence-corrected chi connectivity index (χ0v) is 14.7. The summed E-state index contributed by atoms with van der Waals surface area (Å²) in [5.74, 6) is -1.07. The van der Waals surface area contributed by atoms with Crippen molar-refractivity contribution < 1.29 is 13.6 Å². The Labute approximate surface area is 152 Å². The van der Waals surface area contributed by atoms with Crippen LogP contribution in [0.1, 0.15) is 36.9 Å². The number of rotatable bonds is 6. The van der Waals surface area contributed by atoms with E-state index in [2.05, 4.69) is 9.97 Å². The molecule has 0 saturated carbocycles. The molecule has 138 valence electrons. The highest BCUT2D eigenvalue weighted by Crippen LogP contribution is 2.23. The summed E-state index contributed by atoms with van der Waals surface area (Å²) in [5.41, 5.74) is 1.63. The molecule has 1 aromatic heterocycles. The Bertz CT molecular complexity index is 739. The first-order valence-electron chi connectivity index (χ1n) is 9.08. The smallest absolute Gasteiger partial charge is 0.222 e. The summed E-state index contributed by atoms with van der Waals surface area (Å²) in [6, 6.07) is 4.07. The van der Waals surface area contributed by atoms with Crippen molar-refractivity contribution in [2.24, 2.45) is 5.92 Å². The van der Waals surface area contributed by atoms with Crippen LogP contribution in [0.5, 0.6) is 0 Å². The Morgan fingerprint density at radius 2 is 2.08 bits per heavy atom. The van der Waals surface area contributed by atoms with Crippen molar-refractivity contribution >= 4 is 5.91 Å². The van der Waals surface area contributed by atoms with Gasteiger partial charge in [-0.3, -0.25) is 14.8 Å². The molecule has 1 saturated heterocycles. The molecule has 6 heteroatoms. The minimum absolute atomic E-state index is 0.146. The lowest BCUT2D eigenvalue weighted by molar-refractivity contribution is -0.133. The van der Waals surface area contributed by atoms with E-state index < -0.39 is 11.6 Å². The fourth-order valence-corrected chi connectivity index (χ4v) is 3.45. The van der Waals surface area contributed by atoms with E-state index in [4.69, 9.17) is 0 Å². The van der Waals surface area contributed by atoms with Gasteiger partial charge in [-0.05, 0) is 55.7 Å². The average molecular weight is 359 g/mol. The molecule has 0 aliphatic carbocycles. The van der Waals surface area contributed by atoms with E-state index in [0.29, 0.717) is 25.2 Å². The first-order valence-corrected chi connectivity index (χ1v) is 9.08. The fourth-order valence-electron chi connectivity index (χ4n) is 3.45. The van der Waals surface area contributed by atoms with Gasteiger partial charge in [0.25, 0.3) is 0 Å². The van der Waals surface area contributed by atoms with Crippen LogP contribution in [0.25, 0.3) is 0 Å². The summed E-state index contributed by atoms with van der Waals surface area (Å²) in [4.78, 5) is 22.6. The van der Waals surface area contributed by atoms with Crippen LogP contribution in [0.2, 0.25) is 0 Å². The molecule has 0 radical (unpaired) electrons. The van der Waals surface area contributed by atoms with Crippen molar-refractivity contribution in [3.63, 3.8) is 0 Å². The van der Waals surface area contributed by atoms with Gasteiger partial charge in [0.2, 0.25) is 5.91 Å². The number of aryl methyl sites for hydroxylation is 2. The van der Waals surface area contributed by atoms with Gasteiger partial charge in [-0.25, -0.2) is 8.78 Å². The largest absolute Gasteiger partial charge is 0.342 e. The highest BCUT2D eigenvalue weighted by Gasteiger charge is 2.23. The molecule has 1 unspecified atom stereocenters. The Morgan fingerprint density at radius 3 is 2.85 bits per heavy atom. The van der Waals surface area contributed by atoms with Crippen molar-refractivity contribution in [2.45, 2.75) is 38.5 Å². The number of piperidine rings is 1. The minimum atomic E-state index is -0.814. The summed E-state index contributed by atoms with van der Waals surface area (Å²) in [7, 11) is 0. The molecule has 1 atom stereocenters. The predicted molar refractivity (Wildman–Crippen MR) is 94.3 cm³/mol. The second-order valence-corrected chi connectivity index (χ2v) is 6.83. The van der Waals surface area contributed by atoms with Crippen LogP contribution >= 0.6 is 0 Å². The maximum Gasteiger partial charge on any atom is 0.222 e. The van der Waals surface area contributed by atoms with Gasteiger partial charge in [-0.2, -0.15) is 0 Å². The van der Waals surface area contributed by atoms with Crippen LogP contribution in [-0.4, -0.2) is 33.9 Å². The SMILES string of the molecule is O=C(CCc1cnccn1)N1CCCC(CCc2ccc(F)c(F)c2)C1. The van der Waals surface area contributed by atoms with E-state index in [1.165, 1.54) is 12.1 Å². The van der Waals surface area contributed by atoms with Crippen LogP contribution in [0.4, 0.5) is 8.78 Å². The zero-order chi connectivity index (χ0) is 18.4. The maximum absolute atomic E-state index is 13.3. The van der Waals surface area contributed by atoms with E-state index in [-0.39, 0.29) is 5.91 Å². The predicted octanol–water partition coefficient (Wildman–Crippen LogP) is 3.56. The first-order chi connectivity index (χ1) is 12.6. The highest BCUT2D eigenvalue weighted by molar-refractivity contribution is 5.76. The second-order valence-electron chi connectivity index (χ2n) is 6.83. The number of carbonyl (C=O) groups is 1. The van der Waals surface area contributed by atoms with E-state index in [1.54, 1.807) is 24.7 Å². The first kappa shape index (κ1) is 18.4. The molecule has 2 aromatic rings. The molecule has 1 amide bonds. The quantitative estimate of drug-likeness (QED) is 0.792. The van der Waals surface area contributed by atoms with Crippen molar-refractivity contribution in [3.05, 3.63) is 59.7 Å². The molecule has 1 aliphatic heterocycles. The number of hydrogen-bond acceptors (Lipinski definition) is 3. The van der Waals surface area contributed by atoms with Crippen molar-refractivity contribution in [3.8, 4) is 0 Å². The number of benzene rings is 1. The lowest BCUT2D eigenvalue weighted by Crippen LogP contribution is -2.40. The monoisotopic (exact) mass is 359 g/mol. The number of halogens is 2. The third kappa shape index (κ3) is 5.07. The summed E-state index contributed by atoms with van der Waals surface area (Å²) in [6.45, 7) is 1.53. The minimum Gasteiger partial charge on any atom is -0.342 e. The Balaban J connectivity index is 1.47. The topological polar surface area (TPSA) is 46.1 Å². The Hall–Kier alpha value is -2.37. The van der Waals surface area contributed by atoms with E-state index >= 15 is 0 Å². The van der Waals surface area contributed by atoms with Crippen molar-refractivity contribution in [1.29, 1.82) is 0 Å². The molecule has 3 rings (SSSR count). The number of hydrogen-bond donors (Lipinski definition) is 0. The number of amides is 1.